The molecule has 0 spiro atoms. The van der Waals surface area contributed by atoms with E-state index in [1.807, 2.05) is 36.4 Å². The molecule has 4 rings (SSSR count). The largest absolute Gasteiger partial charge is 0.497 e. The van der Waals surface area contributed by atoms with Gasteiger partial charge in [0.25, 0.3) is 0 Å². The van der Waals surface area contributed by atoms with Gasteiger partial charge in [-0.3, -0.25) is 0 Å². The van der Waals surface area contributed by atoms with Gasteiger partial charge in [-0.05, 0) is 55.7 Å². The Morgan fingerprint density at radius 3 is 2.79 bits per heavy atom. The Bertz CT molecular complexity index is 1200. The second-order valence-electron chi connectivity index (χ2n) is 6.59. The minimum absolute atomic E-state index is 0.290. The van der Waals surface area contributed by atoms with Crippen LogP contribution in [0.4, 0.5) is 0 Å². The fourth-order valence-corrected chi connectivity index (χ4v) is 4.46. The third-order valence-corrected chi connectivity index (χ3v) is 5.95. The monoisotopic (exact) mass is 408 g/mol. The third kappa shape index (κ3) is 3.89. The van der Waals surface area contributed by atoms with Crippen molar-refractivity contribution in [3.63, 3.8) is 0 Å². The summed E-state index contributed by atoms with van der Waals surface area (Å²) < 4.78 is 15.7. The van der Waals surface area contributed by atoms with Gasteiger partial charge < -0.3 is 13.9 Å². The smallest absolute Gasteiger partial charge is 0.337 e. The topological polar surface area (TPSA) is 65.7 Å². The molecule has 0 N–H and O–H groups in total. The predicted octanol–water partition coefficient (Wildman–Crippen LogP) is 5.20. The molecule has 3 aromatic rings. The summed E-state index contributed by atoms with van der Waals surface area (Å²) in [7, 11) is 1.57. The molecule has 0 saturated carbocycles. The Kier molecular flexibility index (Phi) is 5.36. The Balaban J connectivity index is 1.72. The van der Waals surface area contributed by atoms with Crippen molar-refractivity contribution in [1.82, 2.24) is 0 Å². The second kappa shape index (κ2) is 8.09. The zero-order chi connectivity index (χ0) is 20.4. The first-order valence-corrected chi connectivity index (χ1v) is 10.2. The molecule has 1 aliphatic rings. The van der Waals surface area contributed by atoms with Crippen LogP contribution in [0.5, 0.6) is 5.75 Å². The number of hydrogen-bond acceptors (Lipinski definition) is 6. The highest BCUT2D eigenvalue weighted by atomic mass is 32.1. The first kappa shape index (κ1) is 19.2. The van der Waals surface area contributed by atoms with Crippen molar-refractivity contribution in [1.29, 1.82) is 0 Å². The highest BCUT2D eigenvalue weighted by Gasteiger charge is 2.17. The van der Waals surface area contributed by atoms with Gasteiger partial charge in [0.2, 0.25) is 0 Å². The summed E-state index contributed by atoms with van der Waals surface area (Å²) in [4.78, 5) is 26.2. The van der Waals surface area contributed by atoms with Gasteiger partial charge in [0.1, 0.15) is 11.3 Å². The minimum atomic E-state index is -0.403. The van der Waals surface area contributed by atoms with Gasteiger partial charge in [0.15, 0.2) is 0 Å². The summed E-state index contributed by atoms with van der Waals surface area (Å²) in [6, 6.07) is 11.0. The molecule has 2 heterocycles. The van der Waals surface area contributed by atoms with E-state index in [0.717, 1.165) is 39.1 Å². The van der Waals surface area contributed by atoms with Crippen LogP contribution in [0.3, 0.4) is 0 Å². The highest BCUT2D eigenvalue weighted by molar-refractivity contribution is 7.16. The van der Waals surface area contributed by atoms with E-state index >= 15 is 0 Å². The molecular weight excluding hydrogens is 388 g/mol. The number of carbonyl (C=O) groups excluding carboxylic acids is 1. The van der Waals surface area contributed by atoms with Crippen LogP contribution >= 0.6 is 11.3 Å². The Morgan fingerprint density at radius 2 is 2.00 bits per heavy atom. The van der Waals surface area contributed by atoms with Gasteiger partial charge in [-0.1, -0.05) is 6.08 Å². The molecular formula is C23H20O5S. The number of benzene rings is 1. The van der Waals surface area contributed by atoms with E-state index in [1.54, 1.807) is 31.4 Å². The van der Waals surface area contributed by atoms with E-state index in [9.17, 15) is 9.59 Å². The summed E-state index contributed by atoms with van der Waals surface area (Å²) >= 11 is 1.59. The Labute approximate surface area is 171 Å². The molecule has 0 atom stereocenters. The summed E-state index contributed by atoms with van der Waals surface area (Å²) in [5, 5.41) is 0.850. The van der Waals surface area contributed by atoms with Crippen LogP contribution < -0.4 is 10.4 Å². The van der Waals surface area contributed by atoms with Gasteiger partial charge in [-0.2, -0.15) is 0 Å². The number of carbonyl (C=O) groups is 1. The molecule has 0 radical (unpaired) electrons. The number of fused-ring (bicyclic) bond motifs is 1. The third-order valence-electron chi connectivity index (χ3n) is 4.76. The number of allylic oxidation sites excluding steroid dienone is 2. The molecule has 0 unspecified atom stereocenters. The van der Waals surface area contributed by atoms with Crippen LogP contribution in [0.2, 0.25) is 0 Å². The summed E-state index contributed by atoms with van der Waals surface area (Å²) in [6.45, 7) is 2.16. The maximum atomic E-state index is 12.1. The van der Waals surface area contributed by atoms with Crippen LogP contribution in [-0.2, 0) is 9.53 Å². The number of hydrogen-bond donors (Lipinski definition) is 0. The maximum absolute atomic E-state index is 12.1. The summed E-state index contributed by atoms with van der Waals surface area (Å²) in [5.74, 6) is 0.345. The molecule has 0 amide bonds. The lowest BCUT2D eigenvalue weighted by Crippen LogP contribution is -2.08. The quantitative estimate of drug-likeness (QED) is 0.429. The van der Waals surface area contributed by atoms with Crippen molar-refractivity contribution in [2.75, 3.05) is 13.7 Å². The average molecular weight is 408 g/mol. The van der Waals surface area contributed by atoms with Gasteiger partial charge in [0, 0.05) is 32.8 Å². The molecule has 0 aliphatic heterocycles. The summed E-state index contributed by atoms with van der Waals surface area (Å²) in [5.41, 5.74) is 2.61. The lowest BCUT2D eigenvalue weighted by Gasteiger charge is -2.12. The molecule has 1 aliphatic carbocycles. The van der Waals surface area contributed by atoms with E-state index in [0.29, 0.717) is 23.5 Å². The fraction of sp³-hybridized carbons (Fsp3) is 0.217. The van der Waals surface area contributed by atoms with E-state index < -0.39 is 5.63 Å². The molecule has 148 valence electrons. The number of ether oxygens (including phenoxy) is 2. The molecule has 1 aromatic carbocycles. The number of methoxy groups -OCH3 is 1. The van der Waals surface area contributed by atoms with Crippen LogP contribution in [0, 0.1) is 0 Å². The van der Waals surface area contributed by atoms with Crippen molar-refractivity contribution in [3.8, 4) is 16.2 Å². The van der Waals surface area contributed by atoms with Gasteiger partial charge in [-0.15, -0.1) is 11.3 Å². The SMILES string of the molecule is CCOC(=O)C1=CCCC(c2ccc(-c3cc(=O)oc4cc(OC)ccc34)s2)=C1. The van der Waals surface area contributed by atoms with Crippen molar-refractivity contribution in [2.24, 2.45) is 0 Å². The van der Waals surface area contributed by atoms with Crippen LogP contribution in [0.25, 0.3) is 27.0 Å². The van der Waals surface area contributed by atoms with E-state index in [4.69, 9.17) is 13.9 Å². The normalized spacial score (nSPS) is 13.7. The van der Waals surface area contributed by atoms with Crippen molar-refractivity contribution >= 4 is 33.8 Å². The van der Waals surface area contributed by atoms with Crippen molar-refractivity contribution < 1.29 is 18.7 Å². The highest BCUT2D eigenvalue weighted by Crippen LogP contribution is 2.38. The zero-order valence-corrected chi connectivity index (χ0v) is 17.0. The Hall–Kier alpha value is -3.12. The minimum Gasteiger partial charge on any atom is -0.497 e. The van der Waals surface area contributed by atoms with Crippen LogP contribution in [-0.4, -0.2) is 19.7 Å². The first-order chi connectivity index (χ1) is 14.1. The number of rotatable bonds is 5. The standard InChI is InChI=1S/C23H20O5S/c1-3-27-23(25)15-6-4-5-14(11-15)20-9-10-21(29-20)18-13-22(24)28-19-12-16(26-2)7-8-17(18)19/h6-13H,3-5H2,1-2H3. The Morgan fingerprint density at radius 1 is 1.17 bits per heavy atom. The molecule has 0 bridgehead atoms. The van der Waals surface area contributed by atoms with Crippen LogP contribution in [0.15, 0.2) is 63.3 Å². The molecule has 29 heavy (non-hydrogen) atoms. The zero-order valence-electron chi connectivity index (χ0n) is 16.2. The molecule has 2 aromatic heterocycles. The van der Waals surface area contributed by atoms with Gasteiger partial charge in [0.05, 0.1) is 19.3 Å². The average Bonchev–Trinajstić information content (AvgIpc) is 3.23. The number of esters is 1. The molecule has 0 fully saturated rings. The van der Waals surface area contributed by atoms with Crippen LogP contribution in [0.1, 0.15) is 24.6 Å². The van der Waals surface area contributed by atoms with E-state index in [2.05, 4.69) is 0 Å². The fourth-order valence-electron chi connectivity index (χ4n) is 3.38. The maximum Gasteiger partial charge on any atom is 0.337 e. The van der Waals surface area contributed by atoms with Gasteiger partial charge >= 0.3 is 11.6 Å². The molecule has 5 nitrogen and oxygen atoms in total. The second-order valence-corrected chi connectivity index (χ2v) is 7.68. The van der Waals surface area contributed by atoms with Crippen molar-refractivity contribution in [2.45, 2.75) is 19.8 Å². The predicted molar refractivity (Wildman–Crippen MR) is 114 cm³/mol. The van der Waals surface area contributed by atoms with E-state index in [-0.39, 0.29) is 5.97 Å². The molecule has 6 heteroatoms. The van der Waals surface area contributed by atoms with E-state index in [1.165, 1.54) is 6.07 Å². The summed E-state index contributed by atoms with van der Waals surface area (Å²) in [6.07, 6.45) is 5.47. The lowest BCUT2D eigenvalue weighted by molar-refractivity contribution is -0.138. The molecule has 0 saturated heterocycles. The lowest BCUT2D eigenvalue weighted by atomic mass is 9.98. The van der Waals surface area contributed by atoms with Gasteiger partial charge in [-0.25, -0.2) is 9.59 Å². The number of thiophene rings is 1. The first-order valence-electron chi connectivity index (χ1n) is 9.39. The van der Waals surface area contributed by atoms with Crippen molar-refractivity contribution in [3.05, 3.63) is 69.4 Å².